The Bertz CT molecular complexity index is 517. The van der Waals surface area contributed by atoms with Gasteiger partial charge in [-0.25, -0.2) is 0 Å². The summed E-state index contributed by atoms with van der Waals surface area (Å²) in [6, 6.07) is 17.6. The van der Waals surface area contributed by atoms with Crippen molar-refractivity contribution in [3.8, 4) is 5.75 Å². The van der Waals surface area contributed by atoms with Crippen molar-refractivity contribution in [2.45, 2.75) is 18.8 Å². The fourth-order valence-electron chi connectivity index (χ4n) is 1.95. The molecule has 2 aromatic carbocycles. The summed E-state index contributed by atoms with van der Waals surface area (Å²) in [7, 11) is 0. The van der Waals surface area contributed by atoms with Gasteiger partial charge in [-0.3, -0.25) is 0 Å². The first kappa shape index (κ1) is 12.2. The number of hydrogen-bond acceptors (Lipinski definition) is 3. The molecule has 0 aliphatic carbocycles. The van der Waals surface area contributed by atoms with Crippen LogP contribution < -0.4 is 4.74 Å². The molecule has 1 N–H and O–H groups in total. The van der Waals surface area contributed by atoms with Gasteiger partial charge in [-0.1, -0.05) is 42.5 Å². The summed E-state index contributed by atoms with van der Waals surface area (Å²) in [6.07, 6.45) is -0.556. The van der Waals surface area contributed by atoms with E-state index in [9.17, 15) is 5.11 Å². The SMILES string of the molecule is O[C@H](c1ccc(OCc2ccccc2)cc1)[C@H]1CO1. The van der Waals surface area contributed by atoms with Crippen molar-refractivity contribution >= 4 is 0 Å². The molecule has 0 amide bonds. The number of hydrogen-bond donors (Lipinski definition) is 1. The Morgan fingerprint density at radius 1 is 1.11 bits per heavy atom. The van der Waals surface area contributed by atoms with E-state index in [1.807, 2.05) is 54.6 Å². The zero-order valence-electron chi connectivity index (χ0n) is 10.5. The van der Waals surface area contributed by atoms with Crippen molar-refractivity contribution in [2.75, 3.05) is 6.61 Å². The van der Waals surface area contributed by atoms with Gasteiger partial charge in [0, 0.05) is 0 Å². The molecule has 1 fully saturated rings. The van der Waals surface area contributed by atoms with E-state index >= 15 is 0 Å². The Morgan fingerprint density at radius 3 is 2.42 bits per heavy atom. The molecule has 1 heterocycles. The summed E-state index contributed by atoms with van der Waals surface area (Å²) < 4.78 is 10.8. The molecule has 0 bridgehead atoms. The quantitative estimate of drug-likeness (QED) is 0.836. The minimum Gasteiger partial charge on any atom is -0.489 e. The highest BCUT2D eigenvalue weighted by molar-refractivity contribution is 5.29. The fraction of sp³-hybridized carbons (Fsp3) is 0.250. The van der Waals surface area contributed by atoms with Crippen LogP contribution in [0.1, 0.15) is 17.2 Å². The highest BCUT2D eigenvalue weighted by Gasteiger charge is 2.32. The number of benzene rings is 2. The van der Waals surface area contributed by atoms with Crippen LogP contribution in [0.3, 0.4) is 0 Å². The first-order valence-corrected chi connectivity index (χ1v) is 6.39. The van der Waals surface area contributed by atoms with Gasteiger partial charge >= 0.3 is 0 Å². The van der Waals surface area contributed by atoms with Gasteiger partial charge < -0.3 is 14.6 Å². The lowest BCUT2D eigenvalue weighted by Crippen LogP contribution is -2.04. The molecule has 0 radical (unpaired) electrons. The van der Waals surface area contributed by atoms with E-state index in [-0.39, 0.29) is 6.10 Å². The molecule has 1 saturated heterocycles. The van der Waals surface area contributed by atoms with Crippen LogP contribution in [0.5, 0.6) is 5.75 Å². The van der Waals surface area contributed by atoms with Crippen molar-refractivity contribution in [3.63, 3.8) is 0 Å². The number of aliphatic hydroxyl groups is 1. The van der Waals surface area contributed by atoms with E-state index in [1.54, 1.807) is 0 Å². The molecule has 1 aliphatic rings. The number of aliphatic hydroxyl groups excluding tert-OH is 1. The lowest BCUT2D eigenvalue weighted by molar-refractivity contribution is 0.137. The molecule has 98 valence electrons. The normalized spacial score (nSPS) is 18.9. The highest BCUT2D eigenvalue weighted by atomic mass is 16.6. The summed E-state index contributed by atoms with van der Waals surface area (Å²) in [4.78, 5) is 0. The molecular weight excluding hydrogens is 240 g/mol. The zero-order chi connectivity index (χ0) is 13.1. The molecule has 3 heteroatoms. The third-order valence-electron chi connectivity index (χ3n) is 3.18. The average molecular weight is 256 g/mol. The third-order valence-corrected chi connectivity index (χ3v) is 3.18. The summed E-state index contributed by atoms with van der Waals surface area (Å²) in [5.74, 6) is 0.802. The second-order valence-electron chi connectivity index (χ2n) is 4.66. The summed E-state index contributed by atoms with van der Waals surface area (Å²) in [5, 5.41) is 9.89. The molecule has 0 unspecified atom stereocenters. The molecule has 1 aliphatic heterocycles. The Labute approximate surface area is 112 Å². The minimum absolute atomic E-state index is 0.0314. The predicted octanol–water partition coefficient (Wildman–Crippen LogP) is 2.70. The average Bonchev–Trinajstić information content (AvgIpc) is 3.31. The molecule has 19 heavy (non-hydrogen) atoms. The molecule has 0 spiro atoms. The number of rotatable bonds is 5. The maximum Gasteiger partial charge on any atom is 0.119 e. The van der Waals surface area contributed by atoms with Crippen LogP contribution in [-0.4, -0.2) is 17.8 Å². The van der Waals surface area contributed by atoms with E-state index < -0.39 is 6.10 Å². The van der Waals surface area contributed by atoms with E-state index in [0.717, 1.165) is 16.9 Å². The minimum atomic E-state index is -0.525. The topological polar surface area (TPSA) is 42.0 Å². The summed E-state index contributed by atoms with van der Waals surface area (Å²) in [6.45, 7) is 1.20. The van der Waals surface area contributed by atoms with Crippen LogP contribution in [0.15, 0.2) is 54.6 Å². The first-order chi connectivity index (χ1) is 9.33. The summed E-state index contributed by atoms with van der Waals surface area (Å²) in [5.41, 5.74) is 2.01. The standard InChI is InChI=1S/C16H16O3/c17-16(15-11-19-15)13-6-8-14(9-7-13)18-10-12-4-2-1-3-5-12/h1-9,15-17H,10-11H2/t15-,16-/m1/s1. The van der Waals surface area contributed by atoms with Crippen molar-refractivity contribution in [2.24, 2.45) is 0 Å². The van der Waals surface area contributed by atoms with Crippen LogP contribution in [0.4, 0.5) is 0 Å². The highest BCUT2D eigenvalue weighted by Crippen LogP contribution is 2.28. The Kier molecular flexibility index (Phi) is 3.49. The number of ether oxygens (including phenoxy) is 2. The lowest BCUT2D eigenvalue weighted by Gasteiger charge is -2.10. The molecule has 0 aromatic heterocycles. The van der Waals surface area contributed by atoms with Gasteiger partial charge in [0.15, 0.2) is 0 Å². The van der Waals surface area contributed by atoms with Crippen LogP contribution >= 0.6 is 0 Å². The maximum absolute atomic E-state index is 9.89. The van der Waals surface area contributed by atoms with Gasteiger partial charge in [0.25, 0.3) is 0 Å². The van der Waals surface area contributed by atoms with Gasteiger partial charge in [0.1, 0.15) is 24.6 Å². The molecule has 2 atom stereocenters. The fourth-order valence-corrected chi connectivity index (χ4v) is 1.95. The van der Waals surface area contributed by atoms with Gasteiger partial charge in [-0.15, -0.1) is 0 Å². The van der Waals surface area contributed by atoms with Gasteiger partial charge in [0.2, 0.25) is 0 Å². The smallest absolute Gasteiger partial charge is 0.119 e. The maximum atomic E-state index is 9.89. The van der Waals surface area contributed by atoms with Crippen molar-refractivity contribution in [3.05, 3.63) is 65.7 Å². The van der Waals surface area contributed by atoms with Crippen LogP contribution in [-0.2, 0) is 11.3 Å². The van der Waals surface area contributed by atoms with E-state index in [4.69, 9.17) is 9.47 Å². The Balaban J connectivity index is 1.59. The van der Waals surface area contributed by atoms with Gasteiger partial charge in [-0.2, -0.15) is 0 Å². The van der Waals surface area contributed by atoms with Crippen molar-refractivity contribution in [1.29, 1.82) is 0 Å². The third kappa shape index (κ3) is 3.13. The monoisotopic (exact) mass is 256 g/mol. The molecule has 0 saturated carbocycles. The first-order valence-electron chi connectivity index (χ1n) is 6.39. The van der Waals surface area contributed by atoms with E-state index in [2.05, 4.69) is 0 Å². The van der Waals surface area contributed by atoms with Crippen LogP contribution in [0, 0.1) is 0 Å². The summed E-state index contributed by atoms with van der Waals surface area (Å²) >= 11 is 0. The second kappa shape index (κ2) is 5.43. The second-order valence-corrected chi connectivity index (χ2v) is 4.66. The lowest BCUT2D eigenvalue weighted by atomic mass is 10.1. The molecule has 3 rings (SSSR count). The van der Waals surface area contributed by atoms with Crippen molar-refractivity contribution in [1.82, 2.24) is 0 Å². The van der Waals surface area contributed by atoms with Gasteiger partial charge in [-0.05, 0) is 23.3 Å². The van der Waals surface area contributed by atoms with Crippen LogP contribution in [0.2, 0.25) is 0 Å². The largest absolute Gasteiger partial charge is 0.489 e. The molecule has 3 nitrogen and oxygen atoms in total. The Hall–Kier alpha value is -1.84. The zero-order valence-corrected chi connectivity index (χ0v) is 10.5. The van der Waals surface area contributed by atoms with Crippen molar-refractivity contribution < 1.29 is 14.6 Å². The van der Waals surface area contributed by atoms with Crippen LogP contribution in [0.25, 0.3) is 0 Å². The molecule has 2 aromatic rings. The van der Waals surface area contributed by atoms with E-state index in [1.165, 1.54) is 0 Å². The van der Waals surface area contributed by atoms with Gasteiger partial charge in [0.05, 0.1) is 6.61 Å². The molecular formula is C16H16O3. The Morgan fingerprint density at radius 2 is 1.79 bits per heavy atom. The number of epoxide rings is 1. The van der Waals surface area contributed by atoms with E-state index in [0.29, 0.717) is 13.2 Å². The predicted molar refractivity (Wildman–Crippen MR) is 71.9 cm³/mol.